The molecule has 5 nitrogen and oxygen atoms in total. The molecule has 1 aromatic carbocycles. The molecule has 0 spiro atoms. The SMILES string of the molecule is CNC(C)Cc1noc(C(C)Oc2ccc(C)cc2)n1.Cl. The summed E-state index contributed by atoms with van der Waals surface area (Å²) in [6, 6.07) is 8.21. The van der Waals surface area contributed by atoms with Crippen LogP contribution in [0.25, 0.3) is 0 Å². The summed E-state index contributed by atoms with van der Waals surface area (Å²) < 4.78 is 11.0. The van der Waals surface area contributed by atoms with Crippen molar-refractivity contribution in [3.8, 4) is 5.75 Å². The Balaban J connectivity index is 0.00000220. The molecule has 0 aliphatic carbocycles. The second kappa shape index (κ2) is 8.00. The smallest absolute Gasteiger partial charge is 0.267 e. The topological polar surface area (TPSA) is 60.2 Å². The Kier molecular flexibility index (Phi) is 6.65. The lowest BCUT2D eigenvalue weighted by Crippen LogP contribution is -2.24. The first-order chi connectivity index (χ1) is 9.58. The van der Waals surface area contributed by atoms with E-state index in [0.29, 0.717) is 17.8 Å². The molecule has 2 rings (SSSR count). The molecule has 0 amide bonds. The van der Waals surface area contributed by atoms with Gasteiger partial charge in [0.25, 0.3) is 5.89 Å². The molecule has 0 aliphatic rings. The van der Waals surface area contributed by atoms with Gasteiger partial charge in [-0.05, 0) is 40.0 Å². The summed E-state index contributed by atoms with van der Waals surface area (Å²) in [5.74, 6) is 2.00. The minimum Gasteiger partial charge on any atom is -0.481 e. The van der Waals surface area contributed by atoms with Gasteiger partial charge in [-0.3, -0.25) is 0 Å². The van der Waals surface area contributed by atoms with Crippen molar-refractivity contribution in [1.82, 2.24) is 15.5 Å². The Labute approximate surface area is 131 Å². The molecule has 0 radical (unpaired) electrons. The highest BCUT2D eigenvalue weighted by molar-refractivity contribution is 5.85. The number of aryl methyl sites for hydroxylation is 1. The molecule has 2 atom stereocenters. The average Bonchev–Trinajstić information content (AvgIpc) is 2.89. The largest absolute Gasteiger partial charge is 0.481 e. The zero-order valence-corrected chi connectivity index (χ0v) is 13.6. The summed E-state index contributed by atoms with van der Waals surface area (Å²) in [5, 5.41) is 7.12. The van der Waals surface area contributed by atoms with Gasteiger partial charge in [-0.2, -0.15) is 4.98 Å². The highest BCUT2D eigenvalue weighted by Crippen LogP contribution is 2.20. The molecular formula is C15H22ClN3O2. The van der Waals surface area contributed by atoms with Crippen molar-refractivity contribution in [2.24, 2.45) is 0 Å². The van der Waals surface area contributed by atoms with E-state index in [1.54, 1.807) is 0 Å². The predicted octanol–water partition coefficient (Wildman–Crippen LogP) is 3.09. The lowest BCUT2D eigenvalue weighted by atomic mass is 10.2. The predicted molar refractivity (Wildman–Crippen MR) is 84.0 cm³/mol. The zero-order valence-electron chi connectivity index (χ0n) is 12.8. The summed E-state index contributed by atoms with van der Waals surface area (Å²) in [6.45, 7) is 6.02. The summed E-state index contributed by atoms with van der Waals surface area (Å²) in [6.07, 6.45) is 0.473. The Morgan fingerprint density at radius 2 is 1.90 bits per heavy atom. The van der Waals surface area contributed by atoms with E-state index in [0.717, 1.165) is 12.2 Å². The number of ether oxygens (including phenoxy) is 1. The standard InChI is InChI=1S/C15H21N3O2.ClH/c1-10-5-7-13(8-6-10)19-12(3)15-17-14(18-20-15)9-11(2)16-4;/h5-8,11-12,16H,9H2,1-4H3;1H. The van der Waals surface area contributed by atoms with Gasteiger partial charge in [0.1, 0.15) is 5.75 Å². The zero-order chi connectivity index (χ0) is 14.5. The van der Waals surface area contributed by atoms with E-state index < -0.39 is 0 Å². The van der Waals surface area contributed by atoms with Gasteiger partial charge in [0.05, 0.1) is 0 Å². The van der Waals surface area contributed by atoms with Gasteiger partial charge in [-0.15, -0.1) is 12.4 Å². The number of likely N-dealkylation sites (N-methyl/N-ethyl adjacent to an activating group) is 1. The summed E-state index contributed by atoms with van der Waals surface area (Å²) >= 11 is 0. The Morgan fingerprint density at radius 3 is 2.52 bits per heavy atom. The number of hydrogen-bond acceptors (Lipinski definition) is 5. The van der Waals surface area contributed by atoms with E-state index in [2.05, 4.69) is 22.4 Å². The average molecular weight is 312 g/mol. The van der Waals surface area contributed by atoms with Gasteiger partial charge >= 0.3 is 0 Å². The van der Waals surface area contributed by atoms with E-state index in [9.17, 15) is 0 Å². The first-order valence-corrected chi connectivity index (χ1v) is 6.81. The maximum atomic E-state index is 5.79. The van der Waals surface area contributed by atoms with Crippen molar-refractivity contribution in [2.45, 2.75) is 39.3 Å². The number of halogens is 1. The normalized spacial score (nSPS) is 13.3. The molecule has 2 aromatic rings. The van der Waals surface area contributed by atoms with Gasteiger partial charge in [0.2, 0.25) is 0 Å². The summed E-state index contributed by atoms with van der Waals surface area (Å²) in [4.78, 5) is 4.37. The molecule has 1 N–H and O–H groups in total. The molecule has 1 aromatic heterocycles. The van der Waals surface area contributed by atoms with Crippen LogP contribution in [0.2, 0.25) is 0 Å². The third-order valence-electron chi connectivity index (χ3n) is 3.15. The van der Waals surface area contributed by atoms with Crippen LogP contribution in [0.3, 0.4) is 0 Å². The molecule has 2 unspecified atom stereocenters. The first kappa shape index (κ1) is 17.5. The van der Waals surface area contributed by atoms with Gasteiger partial charge in [0, 0.05) is 12.5 Å². The van der Waals surface area contributed by atoms with Crippen LogP contribution in [0.4, 0.5) is 0 Å². The fraction of sp³-hybridized carbons (Fsp3) is 0.467. The molecule has 0 aliphatic heterocycles. The van der Waals surface area contributed by atoms with Crippen LogP contribution in [-0.2, 0) is 6.42 Å². The van der Waals surface area contributed by atoms with Crippen molar-refractivity contribution in [1.29, 1.82) is 0 Å². The van der Waals surface area contributed by atoms with Crippen molar-refractivity contribution < 1.29 is 9.26 Å². The van der Waals surface area contributed by atoms with E-state index in [1.165, 1.54) is 5.56 Å². The fourth-order valence-corrected chi connectivity index (χ4v) is 1.76. The Hall–Kier alpha value is -1.59. The number of nitrogens with one attached hydrogen (secondary N) is 1. The second-order valence-electron chi connectivity index (χ2n) is 5.02. The molecule has 0 saturated heterocycles. The van der Waals surface area contributed by atoms with Gasteiger partial charge < -0.3 is 14.6 Å². The third-order valence-corrected chi connectivity index (χ3v) is 3.15. The van der Waals surface area contributed by atoms with Crippen LogP contribution in [-0.4, -0.2) is 23.2 Å². The monoisotopic (exact) mass is 311 g/mol. The molecular weight excluding hydrogens is 290 g/mol. The number of nitrogens with zero attached hydrogens (tertiary/aromatic N) is 2. The Morgan fingerprint density at radius 1 is 1.24 bits per heavy atom. The van der Waals surface area contributed by atoms with Crippen LogP contribution in [0.1, 0.15) is 37.2 Å². The number of aromatic nitrogens is 2. The number of hydrogen-bond donors (Lipinski definition) is 1. The molecule has 0 bridgehead atoms. The van der Waals surface area contributed by atoms with Crippen LogP contribution in [0.5, 0.6) is 5.75 Å². The van der Waals surface area contributed by atoms with Crippen molar-refractivity contribution in [3.63, 3.8) is 0 Å². The molecule has 0 fully saturated rings. The quantitative estimate of drug-likeness (QED) is 0.888. The number of rotatable bonds is 6. The van der Waals surface area contributed by atoms with Gasteiger partial charge in [0.15, 0.2) is 11.9 Å². The second-order valence-corrected chi connectivity index (χ2v) is 5.02. The molecule has 21 heavy (non-hydrogen) atoms. The van der Waals surface area contributed by atoms with Crippen LogP contribution in [0.15, 0.2) is 28.8 Å². The van der Waals surface area contributed by atoms with E-state index >= 15 is 0 Å². The van der Waals surface area contributed by atoms with E-state index in [4.69, 9.17) is 9.26 Å². The third kappa shape index (κ3) is 5.02. The van der Waals surface area contributed by atoms with Crippen LogP contribution in [0, 0.1) is 6.92 Å². The van der Waals surface area contributed by atoms with Crippen molar-refractivity contribution in [2.75, 3.05) is 7.05 Å². The Bertz CT molecular complexity index is 542. The minimum atomic E-state index is -0.260. The summed E-state index contributed by atoms with van der Waals surface area (Å²) in [7, 11) is 1.91. The molecule has 116 valence electrons. The van der Waals surface area contributed by atoms with Crippen molar-refractivity contribution >= 4 is 12.4 Å². The minimum absolute atomic E-state index is 0. The highest BCUT2D eigenvalue weighted by atomic mass is 35.5. The maximum absolute atomic E-state index is 5.79. The van der Waals surface area contributed by atoms with Gasteiger partial charge in [-0.25, -0.2) is 0 Å². The molecule has 1 heterocycles. The number of benzene rings is 1. The first-order valence-electron chi connectivity index (χ1n) is 6.81. The molecule has 6 heteroatoms. The lowest BCUT2D eigenvalue weighted by molar-refractivity contribution is 0.175. The maximum Gasteiger partial charge on any atom is 0.267 e. The molecule has 0 saturated carbocycles. The van der Waals surface area contributed by atoms with Crippen LogP contribution >= 0.6 is 12.4 Å². The van der Waals surface area contributed by atoms with Crippen LogP contribution < -0.4 is 10.1 Å². The lowest BCUT2D eigenvalue weighted by Gasteiger charge is -2.10. The highest BCUT2D eigenvalue weighted by Gasteiger charge is 2.16. The van der Waals surface area contributed by atoms with E-state index in [-0.39, 0.29) is 18.5 Å². The summed E-state index contributed by atoms with van der Waals surface area (Å²) in [5.41, 5.74) is 1.20. The van der Waals surface area contributed by atoms with Crippen molar-refractivity contribution in [3.05, 3.63) is 41.5 Å². The van der Waals surface area contributed by atoms with E-state index in [1.807, 2.05) is 45.2 Å². The van der Waals surface area contributed by atoms with Gasteiger partial charge in [-0.1, -0.05) is 22.9 Å². The fourth-order valence-electron chi connectivity index (χ4n) is 1.76.